The van der Waals surface area contributed by atoms with Crippen LogP contribution in [0.15, 0.2) is 35.8 Å². The minimum Gasteiger partial charge on any atom is -0.389 e. The second-order valence-corrected chi connectivity index (χ2v) is 4.03. The number of aliphatic hydroxyl groups excluding tert-OH is 1. The topological polar surface area (TPSA) is 33.1 Å². The summed E-state index contributed by atoms with van der Waals surface area (Å²) in [5.74, 6) is 0. The van der Waals surface area contributed by atoms with Gasteiger partial charge >= 0.3 is 0 Å². The Hall–Kier alpha value is -1.19. The minimum absolute atomic E-state index is 0.402. The summed E-state index contributed by atoms with van der Waals surface area (Å²) in [6, 6.07) is 7.84. The fraction of sp³-hybridized carbons (Fsp3) is 0.182. The Bertz CT molecular complexity index is 392. The van der Waals surface area contributed by atoms with Gasteiger partial charge in [0.15, 0.2) is 0 Å². The molecule has 1 aromatic heterocycles. The first kappa shape index (κ1) is 9.37. The van der Waals surface area contributed by atoms with Gasteiger partial charge in [-0.05, 0) is 12.5 Å². The Labute approximate surface area is 86.9 Å². The molecule has 0 saturated heterocycles. The summed E-state index contributed by atoms with van der Waals surface area (Å²) >= 11 is 1.62. The second-order valence-electron chi connectivity index (χ2n) is 3.14. The van der Waals surface area contributed by atoms with Gasteiger partial charge in [0.05, 0.1) is 6.10 Å². The van der Waals surface area contributed by atoms with Crippen molar-refractivity contribution in [3.05, 3.63) is 41.4 Å². The molecular weight excluding hydrogens is 194 g/mol. The van der Waals surface area contributed by atoms with E-state index in [0.717, 1.165) is 16.1 Å². The third-order valence-electron chi connectivity index (χ3n) is 2.07. The molecule has 1 N–H and O–H groups in total. The molecule has 72 valence electrons. The van der Waals surface area contributed by atoms with E-state index >= 15 is 0 Å². The Balaban J connectivity index is 2.31. The number of aromatic nitrogens is 1. The van der Waals surface area contributed by atoms with E-state index in [9.17, 15) is 5.11 Å². The lowest BCUT2D eigenvalue weighted by atomic mass is 10.1. The molecule has 1 atom stereocenters. The van der Waals surface area contributed by atoms with E-state index in [1.807, 2.05) is 29.6 Å². The molecule has 0 aliphatic heterocycles. The van der Waals surface area contributed by atoms with Crippen LogP contribution in [0.1, 0.15) is 18.6 Å². The van der Waals surface area contributed by atoms with Crippen molar-refractivity contribution in [3.8, 4) is 10.6 Å². The van der Waals surface area contributed by atoms with E-state index in [2.05, 4.69) is 4.98 Å². The zero-order valence-electron chi connectivity index (χ0n) is 7.84. The lowest BCUT2D eigenvalue weighted by Crippen LogP contribution is -1.89. The van der Waals surface area contributed by atoms with Gasteiger partial charge in [0, 0.05) is 17.1 Å². The maximum atomic E-state index is 9.33. The predicted octanol–water partition coefficient (Wildman–Crippen LogP) is 2.86. The molecule has 0 saturated carbocycles. The van der Waals surface area contributed by atoms with Gasteiger partial charge in [-0.1, -0.05) is 24.3 Å². The van der Waals surface area contributed by atoms with Crippen molar-refractivity contribution in [3.63, 3.8) is 0 Å². The largest absolute Gasteiger partial charge is 0.389 e. The molecular formula is C11H11NOS. The Kier molecular flexibility index (Phi) is 2.61. The van der Waals surface area contributed by atoms with E-state index < -0.39 is 6.10 Å². The molecule has 0 fully saturated rings. The smallest absolute Gasteiger partial charge is 0.123 e. The summed E-state index contributed by atoms with van der Waals surface area (Å²) in [7, 11) is 0. The molecule has 0 bridgehead atoms. The standard InChI is InChI=1S/C11H11NOS/c1-8(13)9-2-4-10(5-3-9)11-12-6-7-14-11/h2-8,13H,1H3. The summed E-state index contributed by atoms with van der Waals surface area (Å²) in [4.78, 5) is 4.22. The average Bonchev–Trinajstić information content (AvgIpc) is 2.71. The minimum atomic E-state index is -0.402. The molecule has 1 aromatic carbocycles. The summed E-state index contributed by atoms with van der Waals surface area (Å²) in [6.45, 7) is 1.76. The molecule has 0 aliphatic carbocycles. The molecule has 1 unspecified atom stereocenters. The molecule has 2 aromatic rings. The van der Waals surface area contributed by atoms with Crippen molar-refractivity contribution >= 4 is 11.3 Å². The number of hydrogen-bond donors (Lipinski definition) is 1. The van der Waals surface area contributed by atoms with Crippen molar-refractivity contribution in [2.24, 2.45) is 0 Å². The fourth-order valence-electron chi connectivity index (χ4n) is 1.27. The quantitative estimate of drug-likeness (QED) is 0.817. The zero-order valence-corrected chi connectivity index (χ0v) is 8.66. The molecule has 2 rings (SSSR count). The molecule has 1 heterocycles. The third kappa shape index (κ3) is 1.84. The van der Waals surface area contributed by atoms with E-state index in [0.29, 0.717) is 0 Å². The van der Waals surface area contributed by atoms with E-state index in [1.54, 1.807) is 24.5 Å². The molecule has 14 heavy (non-hydrogen) atoms. The van der Waals surface area contributed by atoms with E-state index in [-0.39, 0.29) is 0 Å². The van der Waals surface area contributed by atoms with Crippen LogP contribution in [-0.4, -0.2) is 10.1 Å². The fourth-order valence-corrected chi connectivity index (χ4v) is 1.91. The van der Waals surface area contributed by atoms with Crippen molar-refractivity contribution in [1.29, 1.82) is 0 Å². The molecule has 0 radical (unpaired) electrons. The van der Waals surface area contributed by atoms with Gasteiger partial charge in [0.2, 0.25) is 0 Å². The van der Waals surface area contributed by atoms with Gasteiger partial charge in [-0.15, -0.1) is 11.3 Å². The summed E-state index contributed by atoms with van der Waals surface area (Å²) in [5.41, 5.74) is 2.04. The maximum absolute atomic E-state index is 9.33. The molecule has 0 amide bonds. The van der Waals surface area contributed by atoms with Crippen LogP contribution in [0.4, 0.5) is 0 Å². The number of benzene rings is 1. The number of aliphatic hydroxyl groups is 1. The normalized spacial score (nSPS) is 12.7. The van der Waals surface area contributed by atoms with Gasteiger partial charge in [-0.25, -0.2) is 4.98 Å². The SMILES string of the molecule is CC(O)c1ccc(-c2nccs2)cc1. The van der Waals surface area contributed by atoms with Gasteiger partial charge in [0.1, 0.15) is 5.01 Å². The maximum Gasteiger partial charge on any atom is 0.123 e. The van der Waals surface area contributed by atoms with Crippen LogP contribution >= 0.6 is 11.3 Å². The zero-order chi connectivity index (χ0) is 9.97. The van der Waals surface area contributed by atoms with Gasteiger partial charge in [0.25, 0.3) is 0 Å². The summed E-state index contributed by atoms with van der Waals surface area (Å²) in [5, 5.41) is 12.3. The Morgan fingerprint density at radius 1 is 1.29 bits per heavy atom. The molecule has 2 nitrogen and oxygen atoms in total. The van der Waals surface area contributed by atoms with E-state index in [1.165, 1.54) is 0 Å². The highest BCUT2D eigenvalue weighted by atomic mass is 32.1. The van der Waals surface area contributed by atoms with Crippen molar-refractivity contribution in [2.45, 2.75) is 13.0 Å². The van der Waals surface area contributed by atoms with Crippen LogP contribution < -0.4 is 0 Å². The van der Waals surface area contributed by atoms with Crippen LogP contribution in [0.2, 0.25) is 0 Å². The monoisotopic (exact) mass is 205 g/mol. The van der Waals surface area contributed by atoms with E-state index in [4.69, 9.17) is 0 Å². The van der Waals surface area contributed by atoms with Crippen LogP contribution in [-0.2, 0) is 0 Å². The van der Waals surface area contributed by atoms with Crippen LogP contribution in [0.3, 0.4) is 0 Å². The van der Waals surface area contributed by atoms with Crippen molar-refractivity contribution < 1.29 is 5.11 Å². The lowest BCUT2D eigenvalue weighted by molar-refractivity contribution is 0.199. The highest BCUT2D eigenvalue weighted by molar-refractivity contribution is 7.13. The second kappa shape index (κ2) is 3.90. The number of thiazole rings is 1. The average molecular weight is 205 g/mol. The van der Waals surface area contributed by atoms with Gasteiger partial charge < -0.3 is 5.11 Å². The van der Waals surface area contributed by atoms with Gasteiger partial charge in [-0.2, -0.15) is 0 Å². The first-order chi connectivity index (χ1) is 6.77. The van der Waals surface area contributed by atoms with Crippen LogP contribution in [0.25, 0.3) is 10.6 Å². The highest BCUT2D eigenvalue weighted by Crippen LogP contribution is 2.23. The Morgan fingerprint density at radius 2 is 2.00 bits per heavy atom. The number of nitrogens with zero attached hydrogens (tertiary/aromatic N) is 1. The lowest BCUT2D eigenvalue weighted by Gasteiger charge is -2.04. The first-order valence-corrected chi connectivity index (χ1v) is 5.33. The first-order valence-electron chi connectivity index (χ1n) is 4.45. The number of hydrogen-bond acceptors (Lipinski definition) is 3. The molecule has 0 spiro atoms. The Morgan fingerprint density at radius 3 is 2.50 bits per heavy atom. The third-order valence-corrected chi connectivity index (χ3v) is 2.89. The number of rotatable bonds is 2. The van der Waals surface area contributed by atoms with Crippen LogP contribution in [0.5, 0.6) is 0 Å². The summed E-state index contributed by atoms with van der Waals surface area (Å²) in [6.07, 6.45) is 1.39. The van der Waals surface area contributed by atoms with Crippen molar-refractivity contribution in [1.82, 2.24) is 4.98 Å². The predicted molar refractivity (Wildman–Crippen MR) is 58.2 cm³/mol. The van der Waals surface area contributed by atoms with Crippen molar-refractivity contribution in [2.75, 3.05) is 0 Å². The van der Waals surface area contributed by atoms with Crippen LogP contribution in [0, 0.1) is 0 Å². The molecule has 3 heteroatoms. The summed E-state index contributed by atoms with van der Waals surface area (Å²) < 4.78 is 0. The molecule has 0 aliphatic rings. The van der Waals surface area contributed by atoms with Gasteiger partial charge in [-0.3, -0.25) is 0 Å². The highest BCUT2D eigenvalue weighted by Gasteiger charge is 2.02.